The molecule has 0 bridgehead atoms. The Balaban J connectivity index is 2.06. The number of piperidine rings is 1. The molecule has 1 fully saturated rings. The summed E-state index contributed by atoms with van der Waals surface area (Å²) in [7, 11) is 4.26. The summed E-state index contributed by atoms with van der Waals surface area (Å²) >= 11 is 0. The van der Waals surface area contributed by atoms with Gasteiger partial charge in [0.2, 0.25) is 0 Å². The molecule has 0 saturated carbocycles. The SMILES string of the molecule is Cc1cc(C)c(C(=O)CN2CCCC(N(C)C)C2)cc1C. The predicted molar refractivity (Wildman–Crippen MR) is 88.1 cm³/mol. The fourth-order valence-corrected chi connectivity index (χ4v) is 3.15. The van der Waals surface area contributed by atoms with Gasteiger partial charge in [0.15, 0.2) is 5.78 Å². The number of benzene rings is 1. The minimum atomic E-state index is 0.259. The maximum absolute atomic E-state index is 12.6. The highest BCUT2D eigenvalue weighted by Gasteiger charge is 2.23. The van der Waals surface area contributed by atoms with Crippen molar-refractivity contribution in [3.63, 3.8) is 0 Å². The molecule has 1 aliphatic rings. The van der Waals surface area contributed by atoms with Crippen molar-refractivity contribution in [2.75, 3.05) is 33.7 Å². The molecule has 0 aromatic heterocycles. The monoisotopic (exact) mass is 288 g/mol. The lowest BCUT2D eigenvalue weighted by Crippen LogP contribution is -2.46. The Labute approximate surface area is 128 Å². The lowest BCUT2D eigenvalue weighted by Gasteiger charge is -2.35. The summed E-state index contributed by atoms with van der Waals surface area (Å²) in [6.45, 7) is 8.81. The third-order valence-corrected chi connectivity index (χ3v) is 4.72. The Morgan fingerprint density at radius 3 is 2.52 bits per heavy atom. The molecule has 1 saturated heterocycles. The third-order valence-electron chi connectivity index (χ3n) is 4.72. The van der Waals surface area contributed by atoms with Crippen LogP contribution in [0.5, 0.6) is 0 Å². The largest absolute Gasteiger partial charge is 0.305 e. The number of carbonyl (C=O) groups is 1. The Morgan fingerprint density at radius 2 is 1.86 bits per heavy atom. The molecule has 0 aliphatic carbocycles. The van der Waals surface area contributed by atoms with Crippen LogP contribution in [-0.4, -0.2) is 55.4 Å². The van der Waals surface area contributed by atoms with Gasteiger partial charge in [0.05, 0.1) is 6.54 Å². The number of carbonyl (C=O) groups excluding carboxylic acids is 1. The summed E-state index contributed by atoms with van der Waals surface area (Å²) in [5, 5.41) is 0. The van der Waals surface area contributed by atoms with Crippen LogP contribution in [-0.2, 0) is 0 Å². The van der Waals surface area contributed by atoms with Crippen LogP contribution in [0.15, 0.2) is 12.1 Å². The second kappa shape index (κ2) is 6.71. The first-order valence-corrected chi connectivity index (χ1v) is 7.88. The Morgan fingerprint density at radius 1 is 1.19 bits per heavy atom. The summed E-state index contributed by atoms with van der Waals surface area (Å²) < 4.78 is 0. The van der Waals surface area contributed by atoms with Crippen LogP contribution in [0, 0.1) is 20.8 Å². The highest BCUT2D eigenvalue weighted by Crippen LogP contribution is 2.18. The van der Waals surface area contributed by atoms with E-state index in [2.05, 4.69) is 49.9 Å². The number of rotatable bonds is 4. The first kappa shape index (κ1) is 16.2. The lowest BCUT2D eigenvalue weighted by molar-refractivity contribution is 0.0851. The van der Waals surface area contributed by atoms with E-state index in [4.69, 9.17) is 0 Å². The topological polar surface area (TPSA) is 23.6 Å². The molecule has 1 unspecified atom stereocenters. The van der Waals surface area contributed by atoms with E-state index in [1.807, 2.05) is 6.92 Å². The van der Waals surface area contributed by atoms with Crippen molar-refractivity contribution in [2.24, 2.45) is 0 Å². The van der Waals surface area contributed by atoms with Crippen LogP contribution in [0.1, 0.15) is 39.9 Å². The van der Waals surface area contributed by atoms with Crippen LogP contribution in [0.25, 0.3) is 0 Å². The minimum absolute atomic E-state index is 0.259. The average molecular weight is 288 g/mol. The molecule has 3 heteroatoms. The van der Waals surface area contributed by atoms with Gasteiger partial charge in [-0.2, -0.15) is 0 Å². The molecule has 1 aromatic rings. The van der Waals surface area contributed by atoms with Crippen LogP contribution < -0.4 is 0 Å². The number of nitrogens with zero attached hydrogens (tertiary/aromatic N) is 2. The molecular weight excluding hydrogens is 260 g/mol. The summed E-state index contributed by atoms with van der Waals surface area (Å²) in [6.07, 6.45) is 2.42. The standard InChI is InChI=1S/C18H28N2O/c1-13-9-15(3)17(10-14(13)2)18(21)12-20-8-6-7-16(11-20)19(4)5/h9-10,16H,6-8,11-12H2,1-5H3. The van der Waals surface area contributed by atoms with Gasteiger partial charge in [0, 0.05) is 18.2 Å². The molecule has 1 aromatic carbocycles. The number of Topliss-reactive ketones (excluding diaryl/α,β-unsaturated/α-hetero) is 1. The van der Waals surface area contributed by atoms with Gasteiger partial charge in [-0.05, 0) is 77.0 Å². The second-order valence-corrected chi connectivity index (χ2v) is 6.67. The van der Waals surface area contributed by atoms with Crippen molar-refractivity contribution in [3.8, 4) is 0 Å². The first-order valence-electron chi connectivity index (χ1n) is 7.88. The predicted octanol–water partition coefficient (Wildman–Crippen LogP) is 2.82. The molecule has 1 heterocycles. The molecule has 21 heavy (non-hydrogen) atoms. The maximum atomic E-state index is 12.6. The van der Waals surface area contributed by atoms with E-state index in [9.17, 15) is 4.79 Å². The molecular formula is C18H28N2O. The third kappa shape index (κ3) is 3.92. The van der Waals surface area contributed by atoms with E-state index in [1.54, 1.807) is 0 Å². The van der Waals surface area contributed by atoms with Crippen molar-refractivity contribution in [1.29, 1.82) is 0 Å². The van der Waals surface area contributed by atoms with Gasteiger partial charge in [-0.15, -0.1) is 0 Å². The zero-order valence-corrected chi connectivity index (χ0v) is 14.1. The molecule has 0 spiro atoms. The van der Waals surface area contributed by atoms with E-state index in [-0.39, 0.29) is 5.78 Å². The fraction of sp³-hybridized carbons (Fsp3) is 0.611. The molecule has 1 atom stereocenters. The minimum Gasteiger partial charge on any atom is -0.305 e. The number of ketones is 1. The molecule has 116 valence electrons. The number of aryl methyl sites for hydroxylation is 3. The van der Waals surface area contributed by atoms with Crippen molar-refractivity contribution in [3.05, 3.63) is 34.4 Å². The smallest absolute Gasteiger partial charge is 0.177 e. The zero-order chi connectivity index (χ0) is 15.6. The summed E-state index contributed by atoms with van der Waals surface area (Å²) in [5.74, 6) is 0.259. The van der Waals surface area contributed by atoms with Gasteiger partial charge in [-0.25, -0.2) is 0 Å². The van der Waals surface area contributed by atoms with Crippen molar-refractivity contribution >= 4 is 5.78 Å². The van der Waals surface area contributed by atoms with Crippen LogP contribution >= 0.6 is 0 Å². The number of likely N-dealkylation sites (tertiary alicyclic amines) is 1. The normalized spacial score (nSPS) is 20.0. The fourth-order valence-electron chi connectivity index (χ4n) is 3.15. The average Bonchev–Trinajstić information content (AvgIpc) is 2.43. The molecule has 3 nitrogen and oxygen atoms in total. The van der Waals surface area contributed by atoms with Gasteiger partial charge in [-0.3, -0.25) is 9.69 Å². The zero-order valence-electron chi connectivity index (χ0n) is 14.1. The van der Waals surface area contributed by atoms with Crippen molar-refractivity contribution in [1.82, 2.24) is 9.80 Å². The number of hydrogen-bond acceptors (Lipinski definition) is 3. The first-order chi connectivity index (χ1) is 9.88. The molecule has 1 aliphatic heterocycles. The molecule has 0 radical (unpaired) electrons. The van der Waals surface area contributed by atoms with Gasteiger partial charge in [-0.1, -0.05) is 6.07 Å². The van der Waals surface area contributed by atoms with Gasteiger partial charge >= 0.3 is 0 Å². The van der Waals surface area contributed by atoms with E-state index < -0.39 is 0 Å². The van der Waals surface area contributed by atoms with Crippen LogP contribution in [0.4, 0.5) is 0 Å². The molecule has 0 N–H and O–H groups in total. The van der Waals surface area contributed by atoms with E-state index in [1.165, 1.54) is 24.0 Å². The number of hydrogen-bond donors (Lipinski definition) is 0. The Kier molecular flexibility index (Phi) is 5.17. The van der Waals surface area contributed by atoms with Crippen LogP contribution in [0.3, 0.4) is 0 Å². The summed E-state index contributed by atoms with van der Waals surface area (Å²) in [4.78, 5) is 17.2. The summed E-state index contributed by atoms with van der Waals surface area (Å²) in [6, 6.07) is 4.76. The van der Waals surface area contributed by atoms with E-state index in [0.717, 1.165) is 24.2 Å². The highest BCUT2D eigenvalue weighted by molar-refractivity contribution is 5.99. The lowest BCUT2D eigenvalue weighted by atomic mass is 9.97. The van der Waals surface area contributed by atoms with Gasteiger partial charge in [0.1, 0.15) is 0 Å². The van der Waals surface area contributed by atoms with Crippen LogP contribution in [0.2, 0.25) is 0 Å². The van der Waals surface area contributed by atoms with Gasteiger partial charge < -0.3 is 4.90 Å². The summed E-state index contributed by atoms with van der Waals surface area (Å²) in [5.41, 5.74) is 4.46. The Hall–Kier alpha value is -1.19. The quantitative estimate of drug-likeness (QED) is 0.796. The van der Waals surface area contributed by atoms with E-state index in [0.29, 0.717) is 12.6 Å². The number of likely N-dealkylation sites (N-methyl/N-ethyl adjacent to an activating group) is 1. The van der Waals surface area contributed by atoms with Crippen molar-refractivity contribution < 1.29 is 4.79 Å². The molecule has 0 amide bonds. The van der Waals surface area contributed by atoms with Gasteiger partial charge in [0.25, 0.3) is 0 Å². The van der Waals surface area contributed by atoms with Crippen molar-refractivity contribution in [2.45, 2.75) is 39.7 Å². The highest BCUT2D eigenvalue weighted by atomic mass is 16.1. The van der Waals surface area contributed by atoms with E-state index >= 15 is 0 Å². The maximum Gasteiger partial charge on any atom is 0.177 e. The second-order valence-electron chi connectivity index (χ2n) is 6.67. The Bertz CT molecular complexity index is 522. The molecule has 2 rings (SSSR count).